The molecule has 0 aromatic rings. The van der Waals surface area contributed by atoms with Gasteiger partial charge in [0, 0.05) is 24.0 Å². The van der Waals surface area contributed by atoms with E-state index in [1.54, 1.807) is 13.8 Å². The van der Waals surface area contributed by atoms with Crippen LogP contribution in [0, 0.1) is 17.3 Å². The van der Waals surface area contributed by atoms with Gasteiger partial charge in [-0.15, -0.1) is 0 Å². The van der Waals surface area contributed by atoms with Crippen LogP contribution in [0.15, 0.2) is 0 Å². The summed E-state index contributed by atoms with van der Waals surface area (Å²) >= 11 is 0. The molecule has 0 aromatic heterocycles. The maximum Gasteiger partial charge on any atom is 0.308 e. The molecular weight excluding hydrogens is 260 g/mol. The van der Waals surface area contributed by atoms with Gasteiger partial charge in [0.1, 0.15) is 5.54 Å². The quantitative estimate of drug-likeness (QED) is 0.691. The van der Waals surface area contributed by atoms with Gasteiger partial charge in [0.05, 0.1) is 12.0 Å². The molecule has 0 aromatic carbocycles. The maximum absolute atomic E-state index is 12.6. The zero-order chi connectivity index (χ0) is 15.3. The Morgan fingerprint density at radius 1 is 1.40 bits per heavy atom. The Morgan fingerprint density at radius 2 is 2.00 bits per heavy atom. The highest BCUT2D eigenvalue weighted by Gasteiger charge is 2.71. The van der Waals surface area contributed by atoms with E-state index in [2.05, 4.69) is 5.32 Å². The van der Waals surface area contributed by atoms with E-state index < -0.39 is 28.9 Å². The number of aliphatic carboxylic acids is 1. The molecule has 0 spiro atoms. The summed E-state index contributed by atoms with van der Waals surface area (Å²) in [5.41, 5.74) is 4.97. The Morgan fingerprint density at radius 3 is 2.55 bits per heavy atom. The first-order valence-corrected chi connectivity index (χ1v) is 7.08. The summed E-state index contributed by atoms with van der Waals surface area (Å²) in [7, 11) is 0. The summed E-state index contributed by atoms with van der Waals surface area (Å²) in [4.78, 5) is 23.5. The van der Waals surface area contributed by atoms with Crippen LogP contribution in [0.2, 0.25) is 0 Å². The van der Waals surface area contributed by atoms with Gasteiger partial charge in [-0.05, 0) is 20.3 Å². The van der Waals surface area contributed by atoms with Crippen LogP contribution in [0.5, 0.6) is 0 Å². The van der Waals surface area contributed by atoms with Crippen molar-refractivity contribution in [3.05, 3.63) is 0 Å². The summed E-state index contributed by atoms with van der Waals surface area (Å²) in [6, 6.07) is -0.461. The minimum Gasteiger partial charge on any atom is -0.481 e. The highest BCUT2D eigenvalue weighted by Crippen LogP contribution is 2.58. The van der Waals surface area contributed by atoms with Gasteiger partial charge in [0.2, 0.25) is 5.91 Å². The molecule has 1 aliphatic heterocycles. The molecule has 4 N–H and O–H groups in total. The Hall–Kier alpha value is -1.14. The van der Waals surface area contributed by atoms with Crippen molar-refractivity contribution in [1.29, 1.82) is 0 Å². The fourth-order valence-corrected chi connectivity index (χ4v) is 3.51. The van der Waals surface area contributed by atoms with E-state index in [9.17, 15) is 9.59 Å². The number of hydrogen-bond donors (Lipinski definition) is 3. The van der Waals surface area contributed by atoms with E-state index in [0.717, 1.165) is 6.42 Å². The van der Waals surface area contributed by atoms with E-state index in [1.165, 1.54) is 0 Å². The molecule has 0 radical (unpaired) electrons. The second kappa shape index (κ2) is 4.70. The smallest absolute Gasteiger partial charge is 0.308 e. The van der Waals surface area contributed by atoms with Gasteiger partial charge in [-0.3, -0.25) is 9.59 Å². The van der Waals surface area contributed by atoms with Gasteiger partial charge in [0.25, 0.3) is 0 Å². The van der Waals surface area contributed by atoms with Gasteiger partial charge >= 0.3 is 5.97 Å². The van der Waals surface area contributed by atoms with Crippen molar-refractivity contribution in [2.45, 2.75) is 51.8 Å². The van der Waals surface area contributed by atoms with Crippen molar-refractivity contribution in [3.63, 3.8) is 0 Å². The molecular formula is C14H24N2O4. The fourth-order valence-electron chi connectivity index (χ4n) is 3.51. The average molecular weight is 284 g/mol. The second-order valence-corrected chi connectivity index (χ2v) is 6.67. The molecule has 6 heteroatoms. The number of hydrogen-bond acceptors (Lipinski definition) is 4. The topological polar surface area (TPSA) is 102 Å². The molecule has 1 aliphatic carbocycles. The van der Waals surface area contributed by atoms with Gasteiger partial charge in [0.15, 0.2) is 0 Å². The summed E-state index contributed by atoms with van der Waals surface area (Å²) in [5.74, 6) is -1.83. The van der Waals surface area contributed by atoms with Crippen LogP contribution < -0.4 is 11.1 Å². The summed E-state index contributed by atoms with van der Waals surface area (Å²) in [5, 5.41) is 11.8. The molecule has 2 rings (SSSR count). The largest absolute Gasteiger partial charge is 0.481 e. The van der Waals surface area contributed by atoms with Crippen molar-refractivity contribution in [2.24, 2.45) is 23.0 Å². The van der Waals surface area contributed by atoms with E-state index in [1.807, 2.05) is 13.8 Å². The average Bonchev–Trinajstić information content (AvgIpc) is 2.84. The van der Waals surface area contributed by atoms with E-state index in [-0.39, 0.29) is 17.9 Å². The van der Waals surface area contributed by atoms with Crippen molar-refractivity contribution in [2.75, 3.05) is 6.61 Å². The molecule has 114 valence electrons. The third-order valence-electron chi connectivity index (χ3n) is 5.33. The van der Waals surface area contributed by atoms with Crippen LogP contribution >= 0.6 is 0 Å². The maximum atomic E-state index is 12.6. The van der Waals surface area contributed by atoms with Gasteiger partial charge < -0.3 is 20.9 Å². The van der Waals surface area contributed by atoms with Crippen molar-refractivity contribution < 1.29 is 19.4 Å². The fraction of sp³-hybridized carbons (Fsp3) is 0.857. The first-order valence-electron chi connectivity index (χ1n) is 7.08. The van der Waals surface area contributed by atoms with Crippen LogP contribution in [-0.2, 0) is 14.3 Å². The van der Waals surface area contributed by atoms with Crippen LogP contribution in [0.4, 0.5) is 0 Å². The lowest BCUT2D eigenvalue weighted by Crippen LogP contribution is -2.80. The molecule has 5 unspecified atom stereocenters. The zero-order valence-electron chi connectivity index (χ0n) is 12.5. The normalized spacial score (nSPS) is 37.5. The monoisotopic (exact) mass is 284 g/mol. The first-order chi connectivity index (χ1) is 9.14. The predicted molar refractivity (Wildman–Crippen MR) is 73.0 cm³/mol. The number of rotatable bonds is 4. The van der Waals surface area contributed by atoms with Crippen molar-refractivity contribution >= 4 is 11.9 Å². The van der Waals surface area contributed by atoms with Gasteiger partial charge in [-0.25, -0.2) is 0 Å². The predicted octanol–water partition coefficient (Wildman–Crippen LogP) is 0.354. The number of ether oxygens (including phenoxy) is 1. The van der Waals surface area contributed by atoms with Crippen molar-refractivity contribution in [3.8, 4) is 0 Å². The van der Waals surface area contributed by atoms with Crippen molar-refractivity contribution in [1.82, 2.24) is 5.32 Å². The lowest BCUT2D eigenvalue weighted by molar-refractivity contribution is -0.176. The van der Waals surface area contributed by atoms with Crippen LogP contribution in [0.1, 0.15) is 34.1 Å². The summed E-state index contributed by atoms with van der Waals surface area (Å²) < 4.78 is 5.65. The molecule has 1 heterocycles. The zero-order valence-corrected chi connectivity index (χ0v) is 12.5. The molecule has 0 bridgehead atoms. The molecule has 1 amide bonds. The molecule has 6 nitrogen and oxygen atoms in total. The third-order valence-corrected chi connectivity index (χ3v) is 5.33. The van der Waals surface area contributed by atoms with E-state index in [4.69, 9.17) is 15.6 Å². The summed E-state index contributed by atoms with van der Waals surface area (Å²) in [6.07, 6.45) is 0.798. The SMILES string of the molecule is CC(NC(=O)C1(N)C2CCOC2C1(C)C)C(C)C(=O)O. The van der Waals surface area contributed by atoms with Crippen LogP contribution in [0.3, 0.4) is 0 Å². The lowest BCUT2D eigenvalue weighted by Gasteiger charge is -2.60. The highest BCUT2D eigenvalue weighted by molar-refractivity contribution is 5.90. The molecule has 2 fully saturated rings. The number of fused-ring (bicyclic) bond motifs is 1. The van der Waals surface area contributed by atoms with E-state index >= 15 is 0 Å². The highest BCUT2D eigenvalue weighted by atomic mass is 16.5. The number of carboxylic acids is 1. The number of carbonyl (C=O) groups excluding carboxylic acids is 1. The first kappa shape index (κ1) is 15.3. The minimum absolute atomic E-state index is 0.0184. The Bertz CT molecular complexity index is 437. The molecule has 5 atom stereocenters. The standard InChI is InChI=1S/C14H24N2O4/c1-7(11(17)18)8(2)16-12(19)14(15)9-5-6-20-10(9)13(14,3)4/h7-10H,5-6,15H2,1-4H3,(H,16,19)(H,17,18). The second-order valence-electron chi connectivity index (χ2n) is 6.67. The Labute approximate surface area is 119 Å². The molecule has 1 saturated heterocycles. The number of carboxylic acid groups (broad SMARTS) is 1. The Balaban J connectivity index is 2.11. The number of nitrogens with two attached hydrogens (primary N) is 1. The lowest BCUT2D eigenvalue weighted by atomic mass is 9.48. The van der Waals surface area contributed by atoms with E-state index in [0.29, 0.717) is 6.61 Å². The molecule has 1 saturated carbocycles. The number of carbonyl (C=O) groups is 2. The number of nitrogens with one attached hydrogen (secondary N) is 1. The minimum atomic E-state index is -0.985. The summed E-state index contributed by atoms with van der Waals surface area (Å²) in [6.45, 7) is 7.76. The van der Waals surface area contributed by atoms with Gasteiger partial charge in [-0.2, -0.15) is 0 Å². The number of amides is 1. The van der Waals surface area contributed by atoms with Crippen LogP contribution in [-0.4, -0.2) is 41.3 Å². The van der Waals surface area contributed by atoms with Crippen LogP contribution in [0.25, 0.3) is 0 Å². The third kappa shape index (κ3) is 1.85. The Kier molecular flexibility index (Phi) is 3.59. The van der Waals surface area contributed by atoms with Gasteiger partial charge in [-0.1, -0.05) is 13.8 Å². The molecule has 20 heavy (non-hydrogen) atoms. The molecule has 2 aliphatic rings.